The number of halogens is 1. The zero-order valence-corrected chi connectivity index (χ0v) is 16.1. The van der Waals surface area contributed by atoms with E-state index in [1.807, 2.05) is 44.3 Å². The number of carbonyl (C=O) groups is 1. The number of benzene rings is 2. The lowest BCUT2D eigenvalue weighted by Crippen LogP contribution is -2.48. The lowest BCUT2D eigenvalue weighted by molar-refractivity contribution is 0.188. The van der Waals surface area contributed by atoms with Gasteiger partial charge in [0.15, 0.2) is 0 Å². The van der Waals surface area contributed by atoms with Crippen LogP contribution >= 0.6 is 11.6 Å². The highest BCUT2D eigenvalue weighted by Crippen LogP contribution is 2.23. The van der Waals surface area contributed by atoms with E-state index in [0.29, 0.717) is 5.02 Å². The number of hydrogen-bond donors (Lipinski definition) is 1. The first kappa shape index (κ1) is 18.6. The predicted molar refractivity (Wildman–Crippen MR) is 108 cm³/mol. The van der Waals surface area contributed by atoms with Crippen LogP contribution in [0.2, 0.25) is 5.02 Å². The average molecular weight is 372 g/mol. The van der Waals surface area contributed by atoms with Crippen molar-refractivity contribution in [3.63, 3.8) is 0 Å². The van der Waals surface area contributed by atoms with Crippen LogP contribution in [0.1, 0.15) is 31.4 Å². The third-order valence-electron chi connectivity index (χ3n) is 5.18. The van der Waals surface area contributed by atoms with Crippen LogP contribution in [0, 0.1) is 0 Å². The molecule has 26 heavy (non-hydrogen) atoms. The van der Waals surface area contributed by atoms with E-state index < -0.39 is 0 Å². The highest BCUT2D eigenvalue weighted by Gasteiger charge is 2.24. The third kappa shape index (κ3) is 4.50. The van der Waals surface area contributed by atoms with Crippen molar-refractivity contribution >= 4 is 23.3 Å². The molecule has 1 fully saturated rings. The van der Waals surface area contributed by atoms with E-state index in [4.69, 9.17) is 11.6 Å². The Morgan fingerprint density at radius 3 is 2.50 bits per heavy atom. The van der Waals surface area contributed by atoms with Crippen molar-refractivity contribution in [2.24, 2.45) is 0 Å². The number of urea groups is 1. The molecule has 0 aliphatic carbocycles. The van der Waals surface area contributed by atoms with Crippen molar-refractivity contribution in [3.05, 3.63) is 65.2 Å². The monoisotopic (exact) mass is 371 g/mol. The number of anilines is 1. The van der Waals surface area contributed by atoms with Crippen molar-refractivity contribution in [1.29, 1.82) is 0 Å². The molecule has 1 atom stereocenters. The van der Waals surface area contributed by atoms with E-state index in [-0.39, 0.29) is 18.1 Å². The molecule has 0 radical (unpaired) electrons. The van der Waals surface area contributed by atoms with E-state index >= 15 is 0 Å². The van der Waals surface area contributed by atoms with Gasteiger partial charge >= 0.3 is 6.03 Å². The minimum Gasteiger partial charge on any atom is -0.371 e. The zero-order chi connectivity index (χ0) is 18.5. The Morgan fingerprint density at radius 1 is 1.15 bits per heavy atom. The summed E-state index contributed by atoms with van der Waals surface area (Å²) >= 11 is 6.07. The second-order valence-corrected chi connectivity index (χ2v) is 7.32. The molecule has 138 valence electrons. The van der Waals surface area contributed by atoms with Gasteiger partial charge in [-0.1, -0.05) is 41.9 Å². The number of nitrogens with one attached hydrogen (secondary N) is 1. The molecule has 4 nitrogen and oxygen atoms in total. The first-order valence-corrected chi connectivity index (χ1v) is 9.51. The Morgan fingerprint density at radius 2 is 1.85 bits per heavy atom. The molecule has 0 aromatic heterocycles. The molecular weight excluding hydrogens is 346 g/mol. The molecular formula is C21H26ClN3O. The zero-order valence-electron chi connectivity index (χ0n) is 15.4. The lowest BCUT2D eigenvalue weighted by Gasteiger charge is -2.35. The summed E-state index contributed by atoms with van der Waals surface area (Å²) in [6.07, 6.45) is 1.92. The van der Waals surface area contributed by atoms with E-state index in [1.54, 1.807) is 4.90 Å². The van der Waals surface area contributed by atoms with E-state index in [0.717, 1.165) is 31.5 Å². The second-order valence-electron chi connectivity index (χ2n) is 6.89. The summed E-state index contributed by atoms with van der Waals surface area (Å²) in [7, 11) is 1.83. The van der Waals surface area contributed by atoms with Gasteiger partial charge in [-0.2, -0.15) is 0 Å². The van der Waals surface area contributed by atoms with Crippen LogP contribution in [0.15, 0.2) is 54.6 Å². The Hall–Kier alpha value is -2.20. The molecule has 1 saturated heterocycles. The predicted octanol–water partition coefficient (Wildman–Crippen LogP) is 4.71. The van der Waals surface area contributed by atoms with Gasteiger partial charge in [-0.25, -0.2) is 4.79 Å². The maximum Gasteiger partial charge on any atom is 0.317 e. The summed E-state index contributed by atoms with van der Waals surface area (Å²) in [5.41, 5.74) is 2.29. The van der Waals surface area contributed by atoms with Gasteiger partial charge in [0.2, 0.25) is 0 Å². The number of hydrogen-bond acceptors (Lipinski definition) is 2. The first-order valence-electron chi connectivity index (χ1n) is 9.13. The highest BCUT2D eigenvalue weighted by molar-refractivity contribution is 6.30. The standard InChI is InChI=1S/C21H26ClN3O/c1-16(17-7-6-8-18(22)15-17)24(2)21(26)23-19-11-13-25(14-12-19)20-9-4-3-5-10-20/h3-10,15-16,19H,11-14H2,1-2H3,(H,23,26). The summed E-state index contributed by atoms with van der Waals surface area (Å²) in [5.74, 6) is 0. The highest BCUT2D eigenvalue weighted by atomic mass is 35.5. The van der Waals surface area contributed by atoms with Crippen LogP contribution < -0.4 is 10.2 Å². The van der Waals surface area contributed by atoms with Gasteiger partial charge in [0, 0.05) is 36.9 Å². The topological polar surface area (TPSA) is 35.6 Å². The van der Waals surface area contributed by atoms with Crippen molar-refractivity contribution in [3.8, 4) is 0 Å². The maximum absolute atomic E-state index is 12.6. The van der Waals surface area contributed by atoms with Crippen molar-refractivity contribution in [2.75, 3.05) is 25.0 Å². The summed E-state index contributed by atoms with van der Waals surface area (Å²) in [6, 6.07) is 18.3. The van der Waals surface area contributed by atoms with Crippen molar-refractivity contribution in [1.82, 2.24) is 10.2 Å². The summed E-state index contributed by atoms with van der Waals surface area (Å²) in [6.45, 7) is 3.94. The van der Waals surface area contributed by atoms with Crippen LogP contribution in [0.25, 0.3) is 0 Å². The van der Waals surface area contributed by atoms with Gasteiger partial charge in [-0.3, -0.25) is 0 Å². The molecule has 1 unspecified atom stereocenters. The van der Waals surface area contributed by atoms with Crippen LogP contribution in [-0.4, -0.2) is 37.1 Å². The summed E-state index contributed by atoms with van der Waals surface area (Å²) in [4.78, 5) is 16.8. The Balaban J connectivity index is 1.52. The maximum atomic E-state index is 12.6. The van der Waals surface area contributed by atoms with Crippen molar-refractivity contribution < 1.29 is 4.79 Å². The smallest absolute Gasteiger partial charge is 0.317 e. The van der Waals surface area contributed by atoms with Gasteiger partial charge in [-0.15, -0.1) is 0 Å². The molecule has 0 bridgehead atoms. The lowest BCUT2D eigenvalue weighted by atomic mass is 10.0. The molecule has 1 heterocycles. The fourth-order valence-corrected chi connectivity index (χ4v) is 3.56. The number of para-hydroxylation sites is 1. The first-order chi connectivity index (χ1) is 12.5. The number of amides is 2. The van der Waals surface area contributed by atoms with Gasteiger partial charge < -0.3 is 15.1 Å². The average Bonchev–Trinajstić information content (AvgIpc) is 2.68. The quantitative estimate of drug-likeness (QED) is 0.844. The van der Waals surface area contributed by atoms with Crippen LogP contribution in [0.4, 0.5) is 10.5 Å². The molecule has 5 heteroatoms. The van der Waals surface area contributed by atoms with E-state index in [9.17, 15) is 4.79 Å². The minimum absolute atomic E-state index is 0.0295. The second kappa shape index (κ2) is 8.45. The fourth-order valence-electron chi connectivity index (χ4n) is 3.36. The molecule has 2 aromatic rings. The molecule has 0 spiro atoms. The van der Waals surface area contributed by atoms with Gasteiger partial charge in [0.05, 0.1) is 6.04 Å². The molecule has 3 rings (SSSR count). The van der Waals surface area contributed by atoms with Gasteiger partial charge in [-0.05, 0) is 49.6 Å². The molecule has 1 N–H and O–H groups in total. The van der Waals surface area contributed by atoms with Gasteiger partial charge in [0.1, 0.15) is 0 Å². The molecule has 1 aliphatic rings. The van der Waals surface area contributed by atoms with Crippen LogP contribution in [0.3, 0.4) is 0 Å². The SMILES string of the molecule is CC(c1cccc(Cl)c1)N(C)C(=O)NC1CCN(c2ccccc2)CC1. The van der Waals surface area contributed by atoms with E-state index in [2.05, 4.69) is 34.5 Å². The Kier molecular flexibility index (Phi) is 6.04. The number of piperidine rings is 1. The molecule has 2 amide bonds. The van der Waals surface area contributed by atoms with E-state index in [1.165, 1.54) is 5.69 Å². The van der Waals surface area contributed by atoms with Crippen LogP contribution in [-0.2, 0) is 0 Å². The fraction of sp³-hybridized carbons (Fsp3) is 0.381. The molecule has 0 saturated carbocycles. The summed E-state index contributed by atoms with van der Waals surface area (Å²) < 4.78 is 0. The van der Waals surface area contributed by atoms with Crippen molar-refractivity contribution in [2.45, 2.75) is 31.8 Å². The van der Waals surface area contributed by atoms with Gasteiger partial charge in [0.25, 0.3) is 0 Å². The largest absolute Gasteiger partial charge is 0.371 e. The Bertz CT molecular complexity index is 729. The number of nitrogens with zero attached hydrogens (tertiary/aromatic N) is 2. The molecule has 1 aliphatic heterocycles. The number of carbonyl (C=O) groups excluding carboxylic acids is 1. The number of rotatable bonds is 4. The molecule has 2 aromatic carbocycles. The third-order valence-corrected chi connectivity index (χ3v) is 5.41. The van der Waals surface area contributed by atoms with Crippen LogP contribution in [0.5, 0.6) is 0 Å². The minimum atomic E-state index is -0.0318. The Labute approximate surface area is 160 Å². The normalized spacial score (nSPS) is 16.2. The summed E-state index contributed by atoms with van der Waals surface area (Å²) in [5, 5.41) is 3.87.